The minimum absolute atomic E-state index is 0.362. The van der Waals surface area contributed by atoms with Gasteiger partial charge < -0.3 is 10.6 Å². The molecule has 1 aromatic heterocycles. The van der Waals surface area contributed by atoms with Gasteiger partial charge >= 0.3 is 0 Å². The maximum atomic E-state index is 5.50. The number of anilines is 2. The molecule has 0 amide bonds. The fourth-order valence-corrected chi connectivity index (χ4v) is 1.88. The van der Waals surface area contributed by atoms with Crippen LogP contribution in [-0.2, 0) is 13.1 Å². The molecule has 15 heavy (non-hydrogen) atoms. The van der Waals surface area contributed by atoms with Crippen LogP contribution < -0.4 is 10.6 Å². The number of hydrogen-bond donors (Lipinski definition) is 2. The first-order chi connectivity index (χ1) is 7.33. The van der Waals surface area contributed by atoms with Gasteiger partial charge in [0, 0.05) is 13.1 Å². The Bertz CT molecular complexity index is 465. The molecule has 0 spiro atoms. The zero-order valence-electron chi connectivity index (χ0n) is 8.14. The maximum Gasteiger partial charge on any atom is 0.246 e. The van der Waals surface area contributed by atoms with Gasteiger partial charge in [-0.05, 0) is 11.1 Å². The Morgan fingerprint density at radius 2 is 1.87 bits per heavy atom. The maximum absolute atomic E-state index is 5.50. The van der Waals surface area contributed by atoms with Crippen LogP contribution in [0.5, 0.6) is 0 Å². The van der Waals surface area contributed by atoms with E-state index in [9.17, 15) is 0 Å². The molecular formula is C10H11N5. The zero-order chi connectivity index (χ0) is 10.3. The highest BCUT2D eigenvalue weighted by atomic mass is 15.4. The fourth-order valence-electron chi connectivity index (χ4n) is 1.88. The van der Waals surface area contributed by atoms with Gasteiger partial charge in [-0.2, -0.15) is 4.98 Å². The van der Waals surface area contributed by atoms with E-state index in [2.05, 4.69) is 44.3 Å². The van der Waals surface area contributed by atoms with Crippen molar-refractivity contribution in [1.82, 2.24) is 15.2 Å². The predicted molar refractivity (Wildman–Crippen MR) is 57.1 cm³/mol. The van der Waals surface area contributed by atoms with Crippen LogP contribution in [0.3, 0.4) is 0 Å². The number of nitrogen functional groups attached to an aromatic ring is 1. The van der Waals surface area contributed by atoms with E-state index in [0.29, 0.717) is 11.9 Å². The van der Waals surface area contributed by atoms with Crippen LogP contribution >= 0.6 is 0 Å². The van der Waals surface area contributed by atoms with Gasteiger partial charge in [-0.1, -0.05) is 24.3 Å². The second-order valence-electron chi connectivity index (χ2n) is 3.65. The van der Waals surface area contributed by atoms with E-state index in [1.54, 1.807) is 0 Å². The highest BCUT2D eigenvalue weighted by molar-refractivity contribution is 5.44. The van der Waals surface area contributed by atoms with Gasteiger partial charge in [0.15, 0.2) is 0 Å². The van der Waals surface area contributed by atoms with E-state index in [0.717, 1.165) is 13.1 Å². The standard InChI is InChI=1S/C10H11N5/c11-9-12-10(14-13-9)15-5-7-3-1-2-4-8(7)6-15/h1-4H,5-6H2,(H3,11,12,13,14). The number of benzene rings is 1. The summed E-state index contributed by atoms with van der Waals surface area (Å²) in [7, 11) is 0. The highest BCUT2D eigenvalue weighted by Gasteiger charge is 2.21. The molecule has 5 heteroatoms. The number of hydrogen-bond acceptors (Lipinski definition) is 4. The van der Waals surface area contributed by atoms with Gasteiger partial charge in [0.25, 0.3) is 0 Å². The molecule has 2 heterocycles. The molecule has 0 bridgehead atoms. The quantitative estimate of drug-likeness (QED) is 0.719. The van der Waals surface area contributed by atoms with Gasteiger partial charge in [0.2, 0.25) is 11.9 Å². The summed E-state index contributed by atoms with van der Waals surface area (Å²) >= 11 is 0. The molecule has 1 aliphatic rings. The second kappa shape index (κ2) is 2.98. The van der Waals surface area contributed by atoms with Gasteiger partial charge in [-0.3, -0.25) is 0 Å². The molecule has 1 aliphatic heterocycles. The van der Waals surface area contributed by atoms with Gasteiger partial charge in [0.1, 0.15) is 0 Å². The van der Waals surface area contributed by atoms with Crippen molar-refractivity contribution in [2.24, 2.45) is 0 Å². The number of aromatic amines is 1. The molecule has 0 radical (unpaired) electrons. The van der Waals surface area contributed by atoms with Crippen LogP contribution in [-0.4, -0.2) is 15.2 Å². The Labute approximate surface area is 86.9 Å². The van der Waals surface area contributed by atoms with E-state index in [4.69, 9.17) is 5.73 Å². The summed E-state index contributed by atoms with van der Waals surface area (Å²) in [6.45, 7) is 1.71. The minimum atomic E-state index is 0.362. The Balaban J connectivity index is 1.90. The molecule has 0 fully saturated rings. The molecule has 3 rings (SSSR count). The Kier molecular flexibility index (Phi) is 1.65. The Hall–Kier alpha value is -2.04. The van der Waals surface area contributed by atoms with Crippen molar-refractivity contribution in [2.75, 3.05) is 10.6 Å². The average Bonchev–Trinajstić information content (AvgIpc) is 2.82. The van der Waals surface area contributed by atoms with Crippen molar-refractivity contribution in [1.29, 1.82) is 0 Å². The van der Waals surface area contributed by atoms with Crippen LogP contribution in [0.1, 0.15) is 11.1 Å². The van der Waals surface area contributed by atoms with Crippen molar-refractivity contribution in [3.63, 3.8) is 0 Å². The van der Waals surface area contributed by atoms with E-state index in [-0.39, 0.29) is 0 Å². The van der Waals surface area contributed by atoms with Crippen LogP contribution in [0.15, 0.2) is 24.3 Å². The molecule has 1 aromatic carbocycles. The van der Waals surface area contributed by atoms with Crippen LogP contribution in [0.2, 0.25) is 0 Å². The normalized spacial score (nSPS) is 14.3. The van der Waals surface area contributed by atoms with Crippen LogP contribution in [0.25, 0.3) is 0 Å². The fraction of sp³-hybridized carbons (Fsp3) is 0.200. The highest BCUT2D eigenvalue weighted by Crippen LogP contribution is 2.25. The number of nitrogens with one attached hydrogen (secondary N) is 1. The van der Waals surface area contributed by atoms with Crippen molar-refractivity contribution in [3.8, 4) is 0 Å². The molecule has 0 saturated carbocycles. The number of fused-ring (bicyclic) bond motifs is 1. The summed E-state index contributed by atoms with van der Waals surface area (Å²) in [5.74, 6) is 1.03. The number of nitrogens with two attached hydrogens (primary N) is 1. The van der Waals surface area contributed by atoms with E-state index < -0.39 is 0 Å². The lowest BCUT2D eigenvalue weighted by atomic mass is 10.1. The topological polar surface area (TPSA) is 70.8 Å². The molecule has 3 N–H and O–H groups in total. The van der Waals surface area contributed by atoms with E-state index in [1.165, 1.54) is 11.1 Å². The first-order valence-electron chi connectivity index (χ1n) is 4.82. The first kappa shape index (κ1) is 8.28. The third-order valence-corrected chi connectivity index (χ3v) is 2.61. The zero-order valence-corrected chi connectivity index (χ0v) is 8.14. The summed E-state index contributed by atoms with van der Waals surface area (Å²) in [6, 6.07) is 8.36. The van der Waals surface area contributed by atoms with E-state index >= 15 is 0 Å². The van der Waals surface area contributed by atoms with Crippen molar-refractivity contribution in [3.05, 3.63) is 35.4 Å². The Morgan fingerprint density at radius 1 is 1.20 bits per heavy atom. The third kappa shape index (κ3) is 1.32. The van der Waals surface area contributed by atoms with Gasteiger partial charge in [-0.25, -0.2) is 5.10 Å². The van der Waals surface area contributed by atoms with Crippen LogP contribution in [0, 0.1) is 0 Å². The summed E-state index contributed by atoms with van der Waals surface area (Å²) in [5, 5.41) is 6.69. The molecule has 0 atom stereocenters. The molecule has 0 saturated heterocycles. The van der Waals surface area contributed by atoms with Crippen molar-refractivity contribution < 1.29 is 0 Å². The summed E-state index contributed by atoms with van der Waals surface area (Å²) < 4.78 is 0. The number of nitrogens with zero attached hydrogens (tertiary/aromatic N) is 3. The third-order valence-electron chi connectivity index (χ3n) is 2.61. The molecule has 0 unspecified atom stereocenters. The number of H-pyrrole nitrogens is 1. The van der Waals surface area contributed by atoms with E-state index in [1.807, 2.05) is 0 Å². The first-order valence-corrected chi connectivity index (χ1v) is 4.82. The molecular weight excluding hydrogens is 190 g/mol. The van der Waals surface area contributed by atoms with Gasteiger partial charge in [-0.15, -0.1) is 5.10 Å². The summed E-state index contributed by atoms with van der Waals surface area (Å²) in [4.78, 5) is 6.21. The molecule has 5 nitrogen and oxygen atoms in total. The minimum Gasteiger partial charge on any atom is -0.368 e. The lowest BCUT2D eigenvalue weighted by Gasteiger charge is -2.11. The molecule has 2 aromatic rings. The second-order valence-corrected chi connectivity index (χ2v) is 3.65. The average molecular weight is 201 g/mol. The summed E-state index contributed by atoms with van der Waals surface area (Å²) in [6.07, 6.45) is 0. The van der Waals surface area contributed by atoms with Crippen LogP contribution in [0.4, 0.5) is 11.9 Å². The van der Waals surface area contributed by atoms with Gasteiger partial charge in [0.05, 0.1) is 0 Å². The SMILES string of the molecule is Nc1nc(N2Cc3ccccc3C2)n[nH]1. The smallest absolute Gasteiger partial charge is 0.246 e. The number of aromatic nitrogens is 3. The molecule has 76 valence electrons. The van der Waals surface area contributed by atoms with Crippen molar-refractivity contribution >= 4 is 11.9 Å². The largest absolute Gasteiger partial charge is 0.368 e. The van der Waals surface area contributed by atoms with Crippen molar-refractivity contribution in [2.45, 2.75) is 13.1 Å². The predicted octanol–water partition coefficient (Wildman–Crippen LogP) is 0.907. The monoisotopic (exact) mass is 201 g/mol. The number of rotatable bonds is 1. The lowest BCUT2D eigenvalue weighted by molar-refractivity contribution is 0.832. The Morgan fingerprint density at radius 3 is 2.40 bits per heavy atom. The summed E-state index contributed by atoms with van der Waals surface area (Å²) in [5.41, 5.74) is 8.16. The lowest BCUT2D eigenvalue weighted by Crippen LogP contribution is -2.15. The molecule has 0 aliphatic carbocycles.